The van der Waals surface area contributed by atoms with Crippen molar-refractivity contribution in [3.8, 4) is 0 Å². The van der Waals surface area contributed by atoms with Crippen molar-refractivity contribution >= 4 is 17.5 Å². The molecule has 1 unspecified atom stereocenters. The second kappa shape index (κ2) is 6.43. The van der Waals surface area contributed by atoms with Gasteiger partial charge in [-0.05, 0) is 18.4 Å². The molecule has 0 bridgehead atoms. The van der Waals surface area contributed by atoms with Gasteiger partial charge in [0.1, 0.15) is 0 Å². The second-order valence-corrected chi connectivity index (χ2v) is 4.39. The minimum absolute atomic E-state index is 0.00216. The van der Waals surface area contributed by atoms with E-state index in [4.69, 9.17) is 11.6 Å². The first-order chi connectivity index (χ1) is 7.63. The third kappa shape index (κ3) is 4.14. The van der Waals surface area contributed by atoms with Crippen molar-refractivity contribution < 1.29 is 4.79 Å². The molecule has 1 heterocycles. The SMILES string of the molecule is CC(C)CC(CCl)NC(=O)c1ccnnc1. The Morgan fingerprint density at radius 2 is 2.25 bits per heavy atom. The van der Waals surface area contributed by atoms with E-state index in [-0.39, 0.29) is 11.9 Å². The van der Waals surface area contributed by atoms with Gasteiger partial charge in [0.25, 0.3) is 5.91 Å². The number of alkyl halides is 1. The number of rotatable bonds is 5. The molecule has 88 valence electrons. The second-order valence-electron chi connectivity index (χ2n) is 4.09. The predicted molar refractivity (Wildman–Crippen MR) is 63.5 cm³/mol. The smallest absolute Gasteiger partial charge is 0.253 e. The van der Waals surface area contributed by atoms with Crippen LogP contribution in [0.1, 0.15) is 30.6 Å². The molecule has 0 radical (unpaired) electrons. The molecule has 0 saturated carbocycles. The van der Waals surface area contributed by atoms with Crippen molar-refractivity contribution in [2.75, 3.05) is 5.88 Å². The molecule has 0 aromatic carbocycles. The maximum Gasteiger partial charge on any atom is 0.253 e. The summed E-state index contributed by atoms with van der Waals surface area (Å²) in [6, 6.07) is 1.63. The van der Waals surface area contributed by atoms with Gasteiger partial charge in [0.05, 0.1) is 18.0 Å². The molecule has 1 amide bonds. The van der Waals surface area contributed by atoms with Crippen LogP contribution in [0.2, 0.25) is 0 Å². The van der Waals surface area contributed by atoms with Crippen LogP contribution in [0.4, 0.5) is 0 Å². The average molecular weight is 242 g/mol. The number of nitrogens with one attached hydrogen (secondary N) is 1. The Balaban J connectivity index is 2.56. The van der Waals surface area contributed by atoms with Crippen LogP contribution in [0.3, 0.4) is 0 Å². The normalized spacial score (nSPS) is 12.5. The van der Waals surface area contributed by atoms with Crippen molar-refractivity contribution in [2.24, 2.45) is 5.92 Å². The number of nitrogens with zero attached hydrogens (tertiary/aromatic N) is 2. The van der Waals surface area contributed by atoms with Crippen molar-refractivity contribution in [3.63, 3.8) is 0 Å². The van der Waals surface area contributed by atoms with Gasteiger partial charge in [-0.2, -0.15) is 10.2 Å². The van der Waals surface area contributed by atoms with Crippen LogP contribution in [-0.4, -0.2) is 28.0 Å². The fourth-order valence-corrected chi connectivity index (χ4v) is 1.63. The number of hydrogen-bond acceptors (Lipinski definition) is 3. The first-order valence-electron chi connectivity index (χ1n) is 5.27. The van der Waals surface area contributed by atoms with Gasteiger partial charge in [0, 0.05) is 11.9 Å². The molecule has 0 aliphatic heterocycles. The van der Waals surface area contributed by atoms with Crippen LogP contribution in [0, 0.1) is 5.92 Å². The van der Waals surface area contributed by atoms with Gasteiger partial charge in [-0.3, -0.25) is 4.79 Å². The van der Waals surface area contributed by atoms with Crippen LogP contribution >= 0.6 is 11.6 Å². The van der Waals surface area contributed by atoms with Gasteiger partial charge >= 0.3 is 0 Å². The van der Waals surface area contributed by atoms with Crippen LogP contribution < -0.4 is 5.32 Å². The first-order valence-corrected chi connectivity index (χ1v) is 5.80. The van der Waals surface area contributed by atoms with Gasteiger partial charge in [-0.15, -0.1) is 11.6 Å². The minimum atomic E-state index is -0.152. The average Bonchev–Trinajstić information content (AvgIpc) is 2.28. The molecular weight excluding hydrogens is 226 g/mol. The van der Waals surface area contributed by atoms with E-state index < -0.39 is 0 Å². The number of halogens is 1. The van der Waals surface area contributed by atoms with E-state index >= 15 is 0 Å². The van der Waals surface area contributed by atoms with Crippen molar-refractivity contribution in [1.29, 1.82) is 0 Å². The largest absolute Gasteiger partial charge is 0.348 e. The minimum Gasteiger partial charge on any atom is -0.348 e. The van der Waals surface area contributed by atoms with Crippen LogP contribution in [-0.2, 0) is 0 Å². The Hall–Kier alpha value is -1.16. The lowest BCUT2D eigenvalue weighted by atomic mass is 10.0. The van der Waals surface area contributed by atoms with Gasteiger partial charge in [-0.1, -0.05) is 13.8 Å². The Morgan fingerprint density at radius 3 is 2.75 bits per heavy atom. The monoisotopic (exact) mass is 241 g/mol. The van der Waals surface area contributed by atoms with Crippen molar-refractivity contribution in [1.82, 2.24) is 15.5 Å². The van der Waals surface area contributed by atoms with Crippen LogP contribution in [0.15, 0.2) is 18.5 Å². The maximum atomic E-state index is 11.8. The molecule has 0 aliphatic rings. The summed E-state index contributed by atoms with van der Waals surface area (Å²) in [6.45, 7) is 4.19. The summed E-state index contributed by atoms with van der Waals surface area (Å²) in [5.41, 5.74) is 0.508. The highest BCUT2D eigenvalue weighted by Gasteiger charge is 2.14. The lowest BCUT2D eigenvalue weighted by Gasteiger charge is -2.17. The summed E-state index contributed by atoms with van der Waals surface area (Å²) in [7, 11) is 0. The molecule has 1 rings (SSSR count). The summed E-state index contributed by atoms with van der Waals surface area (Å²) < 4.78 is 0. The maximum absolute atomic E-state index is 11.8. The Morgan fingerprint density at radius 1 is 1.50 bits per heavy atom. The molecule has 1 atom stereocenters. The third-order valence-corrected chi connectivity index (χ3v) is 2.50. The fourth-order valence-electron chi connectivity index (χ4n) is 1.42. The van der Waals surface area contributed by atoms with Gasteiger partial charge in [0.2, 0.25) is 0 Å². The van der Waals surface area contributed by atoms with E-state index in [1.165, 1.54) is 12.4 Å². The van der Waals surface area contributed by atoms with E-state index in [1.807, 2.05) is 0 Å². The molecule has 0 saturated heterocycles. The highest BCUT2D eigenvalue weighted by molar-refractivity contribution is 6.18. The standard InChI is InChI=1S/C11H16ClN3O/c1-8(2)5-10(6-12)15-11(16)9-3-4-13-14-7-9/h3-4,7-8,10H,5-6H2,1-2H3,(H,15,16). The molecule has 5 heteroatoms. The molecule has 1 aromatic rings. The number of hydrogen-bond donors (Lipinski definition) is 1. The van der Waals surface area contributed by atoms with E-state index in [2.05, 4.69) is 29.4 Å². The van der Waals surface area contributed by atoms with E-state index in [9.17, 15) is 4.79 Å². The van der Waals surface area contributed by atoms with Gasteiger partial charge in [0.15, 0.2) is 0 Å². The van der Waals surface area contributed by atoms with Crippen molar-refractivity contribution in [2.45, 2.75) is 26.3 Å². The number of aromatic nitrogens is 2. The first kappa shape index (κ1) is 12.9. The molecule has 0 spiro atoms. The molecule has 0 aliphatic carbocycles. The number of carbonyl (C=O) groups excluding carboxylic acids is 1. The zero-order chi connectivity index (χ0) is 12.0. The van der Waals surface area contributed by atoms with E-state index in [1.54, 1.807) is 6.07 Å². The predicted octanol–water partition coefficient (Wildman–Crippen LogP) is 1.86. The lowest BCUT2D eigenvalue weighted by molar-refractivity contribution is 0.0936. The Labute approximate surface area is 100 Å². The quantitative estimate of drug-likeness (QED) is 0.801. The topological polar surface area (TPSA) is 54.9 Å². The fraction of sp³-hybridized carbons (Fsp3) is 0.545. The third-order valence-electron chi connectivity index (χ3n) is 2.12. The Kier molecular flexibility index (Phi) is 5.19. The highest BCUT2D eigenvalue weighted by Crippen LogP contribution is 2.07. The van der Waals surface area contributed by atoms with Crippen LogP contribution in [0.25, 0.3) is 0 Å². The highest BCUT2D eigenvalue weighted by atomic mass is 35.5. The molecule has 0 fully saturated rings. The zero-order valence-corrected chi connectivity index (χ0v) is 10.2. The number of carbonyl (C=O) groups is 1. The summed E-state index contributed by atoms with van der Waals surface area (Å²) in [5, 5.41) is 10.2. The number of amides is 1. The molecule has 1 aromatic heterocycles. The summed E-state index contributed by atoms with van der Waals surface area (Å²) in [6.07, 6.45) is 3.80. The van der Waals surface area contributed by atoms with Crippen molar-refractivity contribution in [3.05, 3.63) is 24.0 Å². The van der Waals surface area contributed by atoms with Gasteiger partial charge in [-0.25, -0.2) is 0 Å². The van der Waals surface area contributed by atoms with Gasteiger partial charge < -0.3 is 5.32 Å². The van der Waals surface area contributed by atoms with Crippen LogP contribution in [0.5, 0.6) is 0 Å². The molecule has 4 nitrogen and oxygen atoms in total. The zero-order valence-electron chi connectivity index (χ0n) is 9.48. The Bertz CT molecular complexity index is 329. The van der Waals surface area contributed by atoms with E-state index in [0.29, 0.717) is 17.4 Å². The molecule has 16 heavy (non-hydrogen) atoms. The van der Waals surface area contributed by atoms with E-state index in [0.717, 1.165) is 6.42 Å². The molecular formula is C11H16ClN3O. The summed E-state index contributed by atoms with van der Waals surface area (Å²) >= 11 is 5.80. The summed E-state index contributed by atoms with van der Waals surface area (Å²) in [4.78, 5) is 11.8. The molecule has 1 N–H and O–H groups in total. The lowest BCUT2D eigenvalue weighted by Crippen LogP contribution is -2.37. The summed E-state index contributed by atoms with van der Waals surface area (Å²) in [5.74, 6) is 0.767.